The molecule has 1 aliphatic carbocycles. The molecular weight excluding hydrogens is 170 g/mol. The Kier molecular flexibility index (Phi) is 6.25. The molecule has 1 fully saturated rings. The summed E-state index contributed by atoms with van der Waals surface area (Å²) < 4.78 is 0. The van der Waals surface area contributed by atoms with Crippen LogP contribution in [0.5, 0.6) is 0 Å². The standard InChI is InChI=1S/C13H27N/c1-14(2)13-11-9-7-5-3-4-6-8-10-12-13/h13H,3-12H2,1-2H3. The maximum atomic E-state index is 2.43. The lowest BCUT2D eigenvalue weighted by molar-refractivity contribution is 0.253. The van der Waals surface area contributed by atoms with Gasteiger partial charge < -0.3 is 4.90 Å². The molecule has 0 aromatic heterocycles. The van der Waals surface area contributed by atoms with Gasteiger partial charge in [0.15, 0.2) is 0 Å². The first kappa shape index (κ1) is 12.0. The summed E-state index contributed by atoms with van der Waals surface area (Å²) >= 11 is 0. The second-order valence-electron chi connectivity index (χ2n) is 5.02. The van der Waals surface area contributed by atoms with E-state index >= 15 is 0 Å². The quantitative estimate of drug-likeness (QED) is 0.617. The fourth-order valence-electron chi connectivity index (χ4n) is 2.48. The van der Waals surface area contributed by atoms with Gasteiger partial charge in [-0.05, 0) is 26.9 Å². The van der Waals surface area contributed by atoms with Crippen LogP contribution in [0.1, 0.15) is 64.2 Å². The lowest BCUT2D eigenvalue weighted by Gasteiger charge is -2.24. The predicted octanol–water partition coefficient (Wildman–Crippen LogP) is 3.83. The Morgan fingerprint density at radius 1 is 0.643 bits per heavy atom. The van der Waals surface area contributed by atoms with Crippen LogP contribution < -0.4 is 0 Å². The second kappa shape index (κ2) is 7.28. The summed E-state index contributed by atoms with van der Waals surface area (Å²) in [6.07, 6.45) is 14.6. The van der Waals surface area contributed by atoms with Crippen molar-refractivity contribution in [2.75, 3.05) is 14.1 Å². The van der Waals surface area contributed by atoms with Crippen LogP contribution in [0.2, 0.25) is 0 Å². The molecule has 0 radical (unpaired) electrons. The van der Waals surface area contributed by atoms with Crippen molar-refractivity contribution >= 4 is 0 Å². The third-order valence-electron chi connectivity index (χ3n) is 3.55. The summed E-state index contributed by atoms with van der Waals surface area (Å²) in [5.41, 5.74) is 0. The third-order valence-corrected chi connectivity index (χ3v) is 3.55. The number of nitrogens with zero attached hydrogens (tertiary/aromatic N) is 1. The smallest absolute Gasteiger partial charge is 0.00891 e. The molecule has 1 nitrogen and oxygen atoms in total. The first-order valence-electron chi connectivity index (χ1n) is 6.47. The molecule has 0 atom stereocenters. The predicted molar refractivity (Wildman–Crippen MR) is 63.6 cm³/mol. The molecule has 0 aromatic rings. The molecule has 0 aromatic carbocycles. The highest BCUT2D eigenvalue weighted by molar-refractivity contribution is 4.67. The van der Waals surface area contributed by atoms with E-state index in [0.29, 0.717) is 0 Å². The lowest BCUT2D eigenvalue weighted by Crippen LogP contribution is -2.27. The summed E-state index contributed by atoms with van der Waals surface area (Å²) in [7, 11) is 4.48. The third kappa shape index (κ3) is 4.99. The van der Waals surface area contributed by atoms with E-state index in [1.165, 1.54) is 64.2 Å². The van der Waals surface area contributed by atoms with Crippen LogP contribution in [0.15, 0.2) is 0 Å². The van der Waals surface area contributed by atoms with E-state index in [1.807, 2.05) is 0 Å². The Morgan fingerprint density at radius 2 is 1.00 bits per heavy atom. The van der Waals surface area contributed by atoms with Gasteiger partial charge in [-0.15, -0.1) is 0 Å². The first-order valence-corrected chi connectivity index (χ1v) is 6.47. The van der Waals surface area contributed by atoms with Gasteiger partial charge in [0.25, 0.3) is 0 Å². The van der Waals surface area contributed by atoms with Crippen LogP contribution in [0.25, 0.3) is 0 Å². The Morgan fingerprint density at radius 3 is 1.36 bits per heavy atom. The molecule has 0 bridgehead atoms. The van der Waals surface area contributed by atoms with E-state index < -0.39 is 0 Å². The van der Waals surface area contributed by atoms with Gasteiger partial charge in [0.1, 0.15) is 0 Å². The minimum absolute atomic E-state index is 0.855. The molecule has 0 spiro atoms. The molecule has 0 unspecified atom stereocenters. The van der Waals surface area contributed by atoms with Crippen LogP contribution >= 0.6 is 0 Å². The minimum atomic E-state index is 0.855. The summed E-state index contributed by atoms with van der Waals surface area (Å²) in [4.78, 5) is 2.43. The van der Waals surface area contributed by atoms with E-state index in [4.69, 9.17) is 0 Å². The molecule has 1 aliphatic rings. The molecule has 0 heterocycles. The topological polar surface area (TPSA) is 3.24 Å². The van der Waals surface area contributed by atoms with Crippen molar-refractivity contribution in [2.24, 2.45) is 0 Å². The summed E-state index contributed by atoms with van der Waals surface area (Å²) in [6, 6.07) is 0.855. The Balaban J connectivity index is 2.27. The van der Waals surface area contributed by atoms with E-state index in [2.05, 4.69) is 19.0 Å². The van der Waals surface area contributed by atoms with Crippen molar-refractivity contribution in [1.29, 1.82) is 0 Å². The zero-order valence-electron chi connectivity index (χ0n) is 10.1. The number of hydrogen-bond donors (Lipinski definition) is 0. The summed E-state index contributed by atoms with van der Waals surface area (Å²) in [5.74, 6) is 0. The fourth-order valence-corrected chi connectivity index (χ4v) is 2.48. The molecule has 84 valence electrons. The molecule has 0 saturated heterocycles. The zero-order valence-corrected chi connectivity index (χ0v) is 10.1. The van der Waals surface area contributed by atoms with Crippen molar-refractivity contribution < 1.29 is 0 Å². The Labute approximate surface area is 89.9 Å². The second-order valence-corrected chi connectivity index (χ2v) is 5.02. The van der Waals surface area contributed by atoms with Gasteiger partial charge in [-0.25, -0.2) is 0 Å². The fraction of sp³-hybridized carbons (Fsp3) is 1.00. The van der Waals surface area contributed by atoms with Gasteiger partial charge in [0.05, 0.1) is 0 Å². The number of rotatable bonds is 1. The highest BCUT2D eigenvalue weighted by Crippen LogP contribution is 2.18. The average molecular weight is 197 g/mol. The van der Waals surface area contributed by atoms with E-state index in [-0.39, 0.29) is 0 Å². The molecule has 1 rings (SSSR count). The van der Waals surface area contributed by atoms with Crippen LogP contribution in [0.4, 0.5) is 0 Å². The van der Waals surface area contributed by atoms with Crippen LogP contribution in [0.3, 0.4) is 0 Å². The van der Waals surface area contributed by atoms with E-state index in [1.54, 1.807) is 0 Å². The first-order chi connectivity index (χ1) is 6.80. The summed E-state index contributed by atoms with van der Waals surface area (Å²) in [5, 5.41) is 0. The van der Waals surface area contributed by atoms with Crippen LogP contribution in [-0.2, 0) is 0 Å². The minimum Gasteiger partial charge on any atom is -0.306 e. The van der Waals surface area contributed by atoms with Gasteiger partial charge in [-0.2, -0.15) is 0 Å². The molecule has 0 aliphatic heterocycles. The molecule has 1 heteroatoms. The van der Waals surface area contributed by atoms with Crippen molar-refractivity contribution in [3.8, 4) is 0 Å². The maximum absolute atomic E-state index is 2.43. The van der Waals surface area contributed by atoms with Gasteiger partial charge in [0.2, 0.25) is 0 Å². The van der Waals surface area contributed by atoms with Crippen molar-refractivity contribution in [1.82, 2.24) is 4.90 Å². The van der Waals surface area contributed by atoms with E-state index in [0.717, 1.165) is 6.04 Å². The zero-order chi connectivity index (χ0) is 10.2. The highest BCUT2D eigenvalue weighted by atomic mass is 15.1. The van der Waals surface area contributed by atoms with Crippen molar-refractivity contribution in [3.05, 3.63) is 0 Å². The van der Waals surface area contributed by atoms with Gasteiger partial charge in [-0.3, -0.25) is 0 Å². The Hall–Kier alpha value is -0.0400. The largest absolute Gasteiger partial charge is 0.306 e. The van der Waals surface area contributed by atoms with Crippen molar-refractivity contribution in [3.63, 3.8) is 0 Å². The molecule has 14 heavy (non-hydrogen) atoms. The van der Waals surface area contributed by atoms with E-state index in [9.17, 15) is 0 Å². The maximum Gasteiger partial charge on any atom is 0.00891 e. The lowest BCUT2D eigenvalue weighted by atomic mass is 10.0. The average Bonchev–Trinajstić information content (AvgIpc) is 2.21. The molecule has 0 amide bonds. The van der Waals surface area contributed by atoms with Crippen LogP contribution in [-0.4, -0.2) is 25.0 Å². The van der Waals surface area contributed by atoms with Gasteiger partial charge in [-0.1, -0.05) is 51.4 Å². The molecule has 0 N–H and O–H groups in total. The normalized spacial score (nSPS) is 23.4. The Bertz CT molecular complexity index is 119. The SMILES string of the molecule is CN(C)C1CCCCCCCCCC1. The highest BCUT2D eigenvalue weighted by Gasteiger charge is 2.10. The van der Waals surface area contributed by atoms with Crippen LogP contribution in [0, 0.1) is 0 Å². The summed E-state index contributed by atoms with van der Waals surface area (Å²) in [6.45, 7) is 0. The molecule has 1 saturated carbocycles. The number of hydrogen-bond acceptors (Lipinski definition) is 1. The monoisotopic (exact) mass is 197 g/mol. The van der Waals surface area contributed by atoms with Gasteiger partial charge in [0, 0.05) is 6.04 Å². The molecular formula is C13H27N. The van der Waals surface area contributed by atoms with Crippen molar-refractivity contribution in [2.45, 2.75) is 70.3 Å². The van der Waals surface area contributed by atoms with Gasteiger partial charge >= 0.3 is 0 Å².